The summed E-state index contributed by atoms with van der Waals surface area (Å²) >= 11 is 0. The van der Waals surface area contributed by atoms with E-state index in [0.29, 0.717) is 61.8 Å². The molecule has 0 aromatic heterocycles. The van der Waals surface area contributed by atoms with E-state index in [4.69, 9.17) is 9.47 Å². The molecule has 0 saturated carbocycles. The maximum absolute atomic E-state index is 12.5. The van der Waals surface area contributed by atoms with E-state index in [1.54, 1.807) is 89.4 Å². The molecule has 6 aromatic rings. The molecule has 6 aromatic carbocycles. The first kappa shape index (κ1) is 41.0. The third-order valence-corrected chi connectivity index (χ3v) is 10.7. The average molecular weight is 824 g/mol. The number of nitrogens with zero attached hydrogens (tertiary/aromatic N) is 6. The molecule has 0 saturated heterocycles. The number of aryl methyl sites for hydroxylation is 4. The number of ether oxygens (including phenoxy) is 2. The van der Waals surface area contributed by atoms with Gasteiger partial charge in [0.2, 0.25) is 0 Å². The van der Waals surface area contributed by atoms with Crippen LogP contribution in [0.15, 0.2) is 131 Å². The van der Waals surface area contributed by atoms with Crippen molar-refractivity contribution in [3.05, 3.63) is 113 Å². The van der Waals surface area contributed by atoms with Crippen LogP contribution in [0.25, 0.3) is 10.8 Å². The number of methoxy groups -OCH3 is 2. The monoisotopic (exact) mass is 823 g/mol. The van der Waals surface area contributed by atoms with Crippen molar-refractivity contribution in [1.29, 1.82) is 0 Å². The van der Waals surface area contributed by atoms with Crippen LogP contribution in [0.3, 0.4) is 0 Å². The number of hydrogen-bond donors (Lipinski definition) is 4. The molecule has 0 unspecified atom stereocenters. The molecule has 4 N–H and O–H groups in total. The van der Waals surface area contributed by atoms with Gasteiger partial charge < -0.3 is 19.9 Å². The highest BCUT2D eigenvalue weighted by atomic mass is 32.2. The number of anilines is 2. The number of azo groups is 3. The molecule has 298 valence electrons. The molecule has 0 radical (unpaired) electrons. The Labute approximate surface area is 334 Å². The summed E-state index contributed by atoms with van der Waals surface area (Å²) in [6, 6.07) is 24.2. The van der Waals surface area contributed by atoms with Gasteiger partial charge in [-0.15, -0.1) is 10.2 Å². The maximum Gasteiger partial charge on any atom is 0.296 e. The van der Waals surface area contributed by atoms with E-state index >= 15 is 0 Å². The predicted octanol–water partition coefficient (Wildman–Crippen LogP) is 11.3. The smallest absolute Gasteiger partial charge is 0.296 e. The molecule has 0 aliphatic rings. The van der Waals surface area contributed by atoms with E-state index in [0.717, 1.165) is 11.8 Å². The molecule has 58 heavy (non-hydrogen) atoms. The predicted molar refractivity (Wildman–Crippen MR) is 219 cm³/mol. The van der Waals surface area contributed by atoms with Gasteiger partial charge in [-0.3, -0.25) is 9.11 Å². The number of rotatable bonds is 12. The van der Waals surface area contributed by atoms with Crippen LogP contribution < -0.4 is 14.8 Å². The van der Waals surface area contributed by atoms with Crippen molar-refractivity contribution < 1.29 is 40.5 Å². The van der Waals surface area contributed by atoms with E-state index in [2.05, 4.69) is 36.0 Å². The van der Waals surface area contributed by atoms with Crippen LogP contribution >= 0.6 is 0 Å². The maximum atomic E-state index is 12.5. The number of aromatic hydroxyl groups is 1. The number of nitrogens with one attached hydrogen (secondary N) is 1. The van der Waals surface area contributed by atoms with Gasteiger partial charge in [0, 0.05) is 22.8 Å². The molecule has 0 heterocycles. The number of benzene rings is 6. The first-order valence-corrected chi connectivity index (χ1v) is 20.1. The second-order valence-corrected chi connectivity index (χ2v) is 15.9. The Balaban J connectivity index is 1.24. The van der Waals surface area contributed by atoms with Gasteiger partial charge in [0.1, 0.15) is 32.7 Å². The highest BCUT2D eigenvalue weighted by Crippen LogP contribution is 2.43. The fourth-order valence-electron chi connectivity index (χ4n) is 5.80. The lowest BCUT2D eigenvalue weighted by Crippen LogP contribution is -1.99. The van der Waals surface area contributed by atoms with Gasteiger partial charge in [-0.2, -0.15) is 37.3 Å². The highest BCUT2D eigenvalue weighted by molar-refractivity contribution is 7.86. The molecule has 0 spiro atoms. The highest BCUT2D eigenvalue weighted by Gasteiger charge is 2.23. The normalized spacial score (nSPS) is 12.3. The van der Waals surface area contributed by atoms with Crippen LogP contribution in [0.5, 0.6) is 17.2 Å². The van der Waals surface area contributed by atoms with Crippen LogP contribution in [-0.4, -0.2) is 45.3 Å². The molecule has 6 rings (SSSR count). The summed E-state index contributed by atoms with van der Waals surface area (Å²) in [5, 5.41) is 40.5. The molecule has 16 nitrogen and oxygen atoms in total. The van der Waals surface area contributed by atoms with E-state index < -0.39 is 41.5 Å². The largest absolute Gasteiger partial charge is 0.505 e. The third-order valence-electron chi connectivity index (χ3n) is 8.97. The van der Waals surface area contributed by atoms with Crippen molar-refractivity contribution >= 4 is 76.5 Å². The van der Waals surface area contributed by atoms with Crippen LogP contribution in [0.4, 0.5) is 45.5 Å². The first-order chi connectivity index (χ1) is 27.4. The minimum atomic E-state index is -4.85. The van der Waals surface area contributed by atoms with Crippen LogP contribution in [-0.2, 0) is 20.2 Å². The van der Waals surface area contributed by atoms with Gasteiger partial charge in [0.25, 0.3) is 20.2 Å². The molecule has 0 amide bonds. The summed E-state index contributed by atoms with van der Waals surface area (Å²) in [6.07, 6.45) is 0. The van der Waals surface area contributed by atoms with Gasteiger partial charge in [-0.25, -0.2) is 0 Å². The van der Waals surface area contributed by atoms with Crippen molar-refractivity contribution in [2.45, 2.75) is 37.5 Å². The Hall–Kier alpha value is -6.60. The van der Waals surface area contributed by atoms with Gasteiger partial charge in [-0.1, -0.05) is 0 Å². The zero-order valence-electron chi connectivity index (χ0n) is 32.0. The summed E-state index contributed by atoms with van der Waals surface area (Å²) in [7, 11) is -6.51. The van der Waals surface area contributed by atoms with Crippen LogP contribution in [0.1, 0.15) is 22.3 Å². The van der Waals surface area contributed by atoms with Gasteiger partial charge in [0.05, 0.1) is 37.0 Å². The summed E-state index contributed by atoms with van der Waals surface area (Å²) in [5.74, 6) is 0.427. The number of phenolic OH excluding ortho intramolecular Hbond substituents is 1. The van der Waals surface area contributed by atoms with Crippen LogP contribution in [0, 0.1) is 27.7 Å². The quantitative estimate of drug-likeness (QED) is 0.0673. The summed E-state index contributed by atoms with van der Waals surface area (Å²) in [4.78, 5) is -1.07. The van der Waals surface area contributed by atoms with E-state index in [1.165, 1.54) is 25.3 Å². The fourth-order valence-corrected chi connectivity index (χ4v) is 7.09. The summed E-state index contributed by atoms with van der Waals surface area (Å²) in [6.45, 7) is 7.11. The molecule has 18 heteroatoms. The van der Waals surface area contributed by atoms with Gasteiger partial charge >= 0.3 is 0 Å². The number of phenols is 1. The van der Waals surface area contributed by atoms with Crippen molar-refractivity contribution in [3.8, 4) is 17.2 Å². The Morgan fingerprint density at radius 3 is 1.43 bits per heavy atom. The molecule has 0 aliphatic carbocycles. The summed E-state index contributed by atoms with van der Waals surface area (Å²) in [5.41, 5.74) is 5.33. The van der Waals surface area contributed by atoms with Crippen LogP contribution in [0.2, 0.25) is 0 Å². The zero-order chi connectivity index (χ0) is 41.9. The van der Waals surface area contributed by atoms with E-state index in [1.807, 2.05) is 12.1 Å². The lowest BCUT2D eigenvalue weighted by molar-refractivity contribution is 0.412. The van der Waals surface area contributed by atoms with E-state index in [-0.39, 0.29) is 16.8 Å². The van der Waals surface area contributed by atoms with E-state index in [9.17, 15) is 31.0 Å². The number of fused-ring (bicyclic) bond motifs is 1. The SMILES string of the molecule is COc1ccc(Nc2ccc3c(O)c(N=Nc4cc(C)c(N=Nc5cc(C)c(N=Nc6ccc(OC)cc6S(=O)(=O)O)cc5C)cc4C)c(S(=O)(=O)O)cc3c2)cc1. The van der Waals surface area contributed by atoms with Gasteiger partial charge in [-0.05, 0) is 140 Å². The second-order valence-electron chi connectivity index (χ2n) is 13.1. The lowest BCUT2D eigenvalue weighted by Gasteiger charge is -2.12. The molecule has 0 fully saturated rings. The Bertz CT molecular complexity index is 2900. The fraction of sp³-hybridized carbons (Fsp3) is 0.150. The van der Waals surface area contributed by atoms with Crippen molar-refractivity contribution in [2.75, 3.05) is 19.5 Å². The molecule has 0 atom stereocenters. The van der Waals surface area contributed by atoms with Crippen molar-refractivity contribution in [3.63, 3.8) is 0 Å². The Morgan fingerprint density at radius 2 is 0.948 bits per heavy atom. The lowest BCUT2D eigenvalue weighted by atomic mass is 10.1. The molecular formula is C40H37N7O9S2. The molecule has 0 bridgehead atoms. The Morgan fingerprint density at radius 1 is 0.500 bits per heavy atom. The zero-order valence-corrected chi connectivity index (χ0v) is 33.6. The topological polar surface area (TPSA) is 234 Å². The molecule has 0 aliphatic heterocycles. The second kappa shape index (κ2) is 16.5. The number of hydrogen-bond acceptors (Lipinski definition) is 14. The minimum Gasteiger partial charge on any atom is -0.505 e. The minimum absolute atomic E-state index is 0.0701. The average Bonchev–Trinajstić information content (AvgIpc) is 3.17. The van der Waals surface area contributed by atoms with Crippen molar-refractivity contribution in [1.82, 2.24) is 0 Å². The standard InChI is InChI=1S/C40H37N7O9S2/c1-22-16-34(23(2)15-33(22)43-42-32-14-12-30(56-6)21-37(32)57(49,50)51)44-45-35-17-25(4)36(18-24(35)3)46-47-39-38(58(52,53)54)20-26-19-28(9-13-31(26)40(39)48)41-27-7-10-29(55-5)11-8-27/h7-21,41,48H,1-6H3,(H,49,50,51)(H,52,53,54). The molecular weight excluding hydrogens is 787 g/mol. The summed E-state index contributed by atoms with van der Waals surface area (Å²) < 4.78 is 78.9. The first-order valence-electron chi connectivity index (χ1n) is 17.3. The Kier molecular flexibility index (Phi) is 11.7. The third kappa shape index (κ3) is 9.16. The van der Waals surface area contributed by atoms with Crippen molar-refractivity contribution in [2.24, 2.45) is 30.7 Å². The van der Waals surface area contributed by atoms with Gasteiger partial charge in [0.15, 0.2) is 5.75 Å².